The minimum Gasteiger partial charge on any atom is -0.348 e. The molecule has 0 unspecified atom stereocenters. The van der Waals surface area contributed by atoms with E-state index in [1.807, 2.05) is 26.0 Å². The van der Waals surface area contributed by atoms with Crippen molar-refractivity contribution in [3.05, 3.63) is 95.3 Å². The molecule has 0 bridgehead atoms. The molecule has 0 aliphatic rings. The summed E-state index contributed by atoms with van der Waals surface area (Å²) in [6.07, 6.45) is 0.615. The number of nitrogens with zero attached hydrogens (tertiary/aromatic N) is 1. The monoisotopic (exact) mass is 454 g/mol. The number of hydrogen-bond donors (Lipinski definition) is 1. The third kappa shape index (κ3) is 5.34. The standard InChI is InChI=1S/C25H27FN2O3S/c1-4-20-7-5-6-8-24(20)28(32(30,31)23-15-9-18(2)10-16-23)17-25(29)27-19(3)21-11-13-22(26)14-12-21/h5-16,19H,4,17H2,1-3H3,(H,27,29)/t19-/m1/s1. The van der Waals surface area contributed by atoms with Gasteiger partial charge in [-0.05, 0) is 61.7 Å². The average Bonchev–Trinajstić information content (AvgIpc) is 2.78. The predicted octanol–water partition coefficient (Wildman–Crippen LogP) is 4.77. The number of hydrogen-bond acceptors (Lipinski definition) is 3. The maximum Gasteiger partial charge on any atom is 0.264 e. The van der Waals surface area contributed by atoms with Gasteiger partial charge in [-0.1, -0.05) is 55.0 Å². The number of amides is 1. The van der Waals surface area contributed by atoms with Gasteiger partial charge in [-0.3, -0.25) is 9.10 Å². The molecule has 0 saturated heterocycles. The lowest BCUT2D eigenvalue weighted by atomic mass is 10.1. The minimum absolute atomic E-state index is 0.119. The van der Waals surface area contributed by atoms with Crippen molar-refractivity contribution >= 4 is 21.6 Å². The van der Waals surface area contributed by atoms with Gasteiger partial charge in [0.05, 0.1) is 16.6 Å². The van der Waals surface area contributed by atoms with Crippen LogP contribution in [0.5, 0.6) is 0 Å². The van der Waals surface area contributed by atoms with E-state index >= 15 is 0 Å². The first-order chi connectivity index (χ1) is 15.2. The SMILES string of the molecule is CCc1ccccc1N(CC(=O)N[C@H](C)c1ccc(F)cc1)S(=O)(=O)c1ccc(C)cc1. The Bertz CT molecular complexity index is 1180. The van der Waals surface area contributed by atoms with Crippen LogP contribution in [0.1, 0.15) is 36.6 Å². The Kier molecular flexibility index (Phi) is 7.30. The number of aryl methyl sites for hydroxylation is 2. The first kappa shape index (κ1) is 23.5. The fourth-order valence-corrected chi connectivity index (χ4v) is 4.90. The number of carbonyl (C=O) groups is 1. The van der Waals surface area contributed by atoms with Crippen molar-refractivity contribution in [1.82, 2.24) is 5.32 Å². The van der Waals surface area contributed by atoms with Crippen LogP contribution in [0.15, 0.2) is 77.7 Å². The maximum absolute atomic E-state index is 13.5. The van der Waals surface area contributed by atoms with E-state index in [1.54, 1.807) is 55.5 Å². The van der Waals surface area contributed by atoms with Crippen molar-refractivity contribution in [2.45, 2.75) is 38.1 Å². The third-order valence-corrected chi connectivity index (χ3v) is 7.06. The first-order valence-electron chi connectivity index (χ1n) is 10.4. The molecule has 168 valence electrons. The first-order valence-corrected chi connectivity index (χ1v) is 11.9. The normalized spacial score (nSPS) is 12.2. The summed E-state index contributed by atoms with van der Waals surface area (Å²) in [4.78, 5) is 13.0. The van der Waals surface area contributed by atoms with Gasteiger partial charge in [0.25, 0.3) is 10.0 Å². The number of para-hydroxylation sites is 1. The second-order valence-corrected chi connectivity index (χ2v) is 9.51. The van der Waals surface area contributed by atoms with Crippen molar-refractivity contribution in [1.29, 1.82) is 0 Å². The zero-order chi connectivity index (χ0) is 23.3. The van der Waals surface area contributed by atoms with Crippen LogP contribution in [0.4, 0.5) is 10.1 Å². The van der Waals surface area contributed by atoms with Crippen LogP contribution in [0.3, 0.4) is 0 Å². The average molecular weight is 455 g/mol. The van der Waals surface area contributed by atoms with Gasteiger partial charge < -0.3 is 5.32 Å². The Labute approximate surface area is 188 Å². The fraction of sp³-hybridized carbons (Fsp3) is 0.240. The molecular weight excluding hydrogens is 427 g/mol. The minimum atomic E-state index is -3.98. The molecule has 3 aromatic carbocycles. The lowest BCUT2D eigenvalue weighted by Crippen LogP contribution is -2.42. The number of halogens is 1. The smallest absolute Gasteiger partial charge is 0.264 e. The Morgan fingerprint density at radius 3 is 2.25 bits per heavy atom. The highest BCUT2D eigenvalue weighted by atomic mass is 32.2. The van der Waals surface area contributed by atoms with Crippen LogP contribution in [-0.4, -0.2) is 20.9 Å². The quantitative estimate of drug-likeness (QED) is 0.533. The Morgan fingerprint density at radius 1 is 1.00 bits per heavy atom. The van der Waals surface area contributed by atoms with Crippen molar-refractivity contribution in [2.75, 3.05) is 10.8 Å². The molecule has 0 heterocycles. The van der Waals surface area contributed by atoms with Crippen LogP contribution in [0.2, 0.25) is 0 Å². The van der Waals surface area contributed by atoms with Gasteiger partial charge in [0, 0.05) is 0 Å². The summed E-state index contributed by atoms with van der Waals surface area (Å²) in [6, 6.07) is 19.1. The molecule has 0 radical (unpaired) electrons. The van der Waals surface area contributed by atoms with Crippen LogP contribution in [-0.2, 0) is 21.2 Å². The van der Waals surface area contributed by atoms with Crippen molar-refractivity contribution in [3.63, 3.8) is 0 Å². The molecule has 3 rings (SSSR count). The fourth-order valence-electron chi connectivity index (χ4n) is 3.44. The topological polar surface area (TPSA) is 66.5 Å². The number of nitrogens with one attached hydrogen (secondary N) is 1. The van der Waals surface area contributed by atoms with Crippen molar-refractivity contribution in [3.8, 4) is 0 Å². The zero-order valence-corrected chi connectivity index (χ0v) is 19.2. The zero-order valence-electron chi connectivity index (χ0n) is 18.4. The van der Waals surface area contributed by atoms with Gasteiger partial charge in [0.1, 0.15) is 12.4 Å². The van der Waals surface area contributed by atoms with E-state index in [0.29, 0.717) is 12.1 Å². The number of rotatable bonds is 8. The molecule has 3 aromatic rings. The molecule has 1 N–H and O–H groups in total. The second-order valence-electron chi connectivity index (χ2n) is 7.65. The highest BCUT2D eigenvalue weighted by Gasteiger charge is 2.29. The van der Waals surface area contributed by atoms with Crippen molar-refractivity contribution < 1.29 is 17.6 Å². The largest absolute Gasteiger partial charge is 0.348 e. The van der Waals surface area contributed by atoms with Gasteiger partial charge in [-0.25, -0.2) is 12.8 Å². The van der Waals surface area contributed by atoms with Gasteiger partial charge in [-0.2, -0.15) is 0 Å². The third-order valence-electron chi connectivity index (χ3n) is 5.28. The van der Waals surface area contributed by atoms with Gasteiger partial charge >= 0.3 is 0 Å². The van der Waals surface area contributed by atoms with E-state index in [1.165, 1.54) is 12.1 Å². The van der Waals surface area contributed by atoms with Crippen LogP contribution in [0.25, 0.3) is 0 Å². The molecule has 0 saturated carbocycles. The predicted molar refractivity (Wildman–Crippen MR) is 124 cm³/mol. The van der Waals surface area contributed by atoms with Crippen LogP contribution in [0, 0.1) is 12.7 Å². The van der Waals surface area contributed by atoms with Crippen LogP contribution < -0.4 is 9.62 Å². The molecular formula is C25H27FN2O3S. The molecule has 0 aliphatic carbocycles. The second kappa shape index (κ2) is 9.96. The molecule has 0 aliphatic heterocycles. The maximum atomic E-state index is 13.5. The highest BCUT2D eigenvalue weighted by Crippen LogP contribution is 2.28. The van der Waals surface area contributed by atoms with Crippen molar-refractivity contribution in [2.24, 2.45) is 0 Å². The molecule has 7 heteroatoms. The molecule has 1 atom stereocenters. The summed E-state index contributed by atoms with van der Waals surface area (Å²) in [7, 11) is -3.98. The number of carbonyl (C=O) groups excluding carboxylic acids is 1. The van der Waals surface area contributed by atoms with Gasteiger partial charge in [0.15, 0.2) is 0 Å². The molecule has 1 amide bonds. The highest BCUT2D eigenvalue weighted by molar-refractivity contribution is 7.92. The molecule has 0 spiro atoms. The summed E-state index contributed by atoms with van der Waals surface area (Å²) in [5.41, 5.74) is 2.96. The number of sulfonamides is 1. The van der Waals surface area contributed by atoms with E-state index in [9.17, 15) is 17.6 Å². The Morgan fingerprint density at radius 2 is 1.62 bits per heavy atom. The Hall–Kier alpha value is -3.19. The summed E-state index contributed by atoms with van der Waals surface area (Å²) in [5, 5.41) is 2.82. The summed E-state index contributed by atoms with van der Waals surface area (Å²) >= 11 is 0. The van der Waals surface area contributed by atoms with Crippen LogP contribution >= 0.6 is 0 Å². The van der Waals surface area contributed by atoms with E-state index in [2.05, 4.69) is 5.32 Å². The lowest BCUT2D eigenvalue weighted by Gasteiger charge is -2.27. The van der Waals surface area contributed by atoms with E-state index in [-0.39, 0.29) is 17.3 Å². The summed E-state index contributed by atoms with van der Waals surface area (Å²) in [6.45, 7) is 5.21. The molecule has 0 fully saturated rings. The molecule has 32 heavy (non-hydrogen) atoms. The van der Waals surface area contributed by atoms with Gasteiger partial charge in [-0.15, -0.1) is 0 Å². The Balaban J connectivity index is 1.93. The van der Waals surface area contributed by atoms with Gasteiger partial charge in [0.2, 0.25) is 5.91 Å². The van der Waals surface area contributed by atoms with E-state index in [0.717, 1.165) is 21.0 Å². The molecule has 0 aromatic heterocycles. The summed E-state index contributed by atoms with van der Waals surface area (Å²) in [5.74, 6) is -0.817. The van der Waals surface area contributed by atoms with E-state index in [4.69, 9.17) is 0 Å². The number of anilines is 1. The molecule has 5 nitrogen and oxygen atoms in total. The van der Waals surface area contributed by atoms with E-state index < -0.39 is 22.0 Å². The summed E-state index contributed by atoms with van der Waals surface area (Å²) < 4.78 is 41.4. The lowest BCUT2D eigenvalue weighted by molar-refractivity contribution is -0.120. The number of benzene rings is 3.